The molecule has 2 aromatic heterocycles. The minimum absolute atomic E-state index is 0.157. The molecule has 2 heterocycles. The normalized spacial score (nSPS) is 10.8. The number of aromatic nitrogens is 5. The number of rotatable bonds is 3. The fraction of sp³-hybridized carbons (Fsp3) is 0.0556. The van der Waals surface area contributed by atoms with Crippen LogP contribution >= 0.6 is 0 Å². The van der Waals surface area contributed by atoms with Gasteiger partial charge >= 0.3 is 0 Å². The summed E-state index contributed by atoms with van der Waals surface area (Å²) >= 11 is 0. The van der Waals surface area contributed by atoms with Gasteiger partial charge in [-0.15, -0.1) is 10.2 Å². The van der Waals surface area contributed by atoms with Gasteiger partial charge in [-0.3, -0.25) is 9.59 Å². The number of H-pyrrole nitrogens is 1. The van der Waals surface area contributed by atoms with E-state index in [1.54, 1.807) is 47.3 Å². The first-order valence-electron chi connectivity index (χ1n) is 7.87. The van der Waals surface area contributed by atoms with Gasteiger partial charge in [0.05, 0.1) is 5.39 Å². The summed E-state index contributed by atoms with van der Waals surface area (Å²) in [4.78, 5) is 24.5. The van der Waals surface area contributed by atoms with Crippen LogP contribution in [0.15, 0.2) is 59.7 Å². The molecule has 0 aliphatic carbocycles. The summed E-state index contributed by atoms with van der Waals surface area (Å²) in [7, 11) is 1.84. The Morgan fingerprint density at radius 3 is 2.69 bits per heavy atom. The van der Waals surface area contributed by atoms with Gasteiger partial charge < -0.3 is 9.88 Å². The van der Waals surface area contributed by atoms with Crippen LogP contribution < -0.4 is 10.9 Å². The maximum Gasteiger partial charge on any atom is 0.276 e. The van der Waals surface area contributed by atoms with E-state index in [-0.39, 0.29) is 11.3 Å². The topological polar surface area (TPSA) is 106 Å². The highest BCUT2D eigenvalue weighted by molar-refractivity contribution is 6.11. The summed E-state index contributed by atoms with van der Waals surface area (Å²) < 4.78 is 1.79. The largest absolute Gasteiger partial charge is 0.321 e. The van der Waals surface area contributed by atoms with Crippen molar-refractivity contribution in [3.05, 3.63) is 70.9 Å². The minimum Gasteiger partial charge on any atom is -0.321 e. The zero-order valence-corrected chi connectivity index (χ0v) is 13.8. The Kier molecular flexibility index (Phi) is 3.77. The van der Waals surface area contributed by atoms with Crippen LogP contribution in [-0.4, -0.2) is 30.9 Å². The molecule has 1 amide bonds. The number of carbonyl (C=O) groups excluding carboxylic acids is 1. The highest BCUT2D eigenvalue weighted by Gasteiger charge is 2.14. The number of aryl methyl sites for hydroxylation is 1. The van der Waals surface area contributed by atoms with Gasteiger partial charge in [0.15, 0.2) is 11.5 Å². The monoisotopic (exact) mass is 346 g/mol. The van der Waals surface area contributed by atoms with Crippen molar-refractivity contribution >= 4 is 22.4 Å². The minimum atomic E-state index is -0.410. The van der Waals surface area contributed by atoms with Crippen LogP contribution in [0.3, 0.4) is 0 Å². The molecule has 0 atom stereocenters. The Morgan fingerprint density at radius 2 is 1.92 bits per heavy atom. The molecule has 0 saturated heterocycles. The molecule has 0 bridgehead atoms. The summed E-state index contributed by atoms with van der Waals surface area (Å²) in [5.41, 5.74) is 1.24. The average molecular weight is 346 g/mol. The van der Waals surface area contributed by atoms with Crippen LogP contribution in [-0.2, 0) is 7.05 Å². The zero-order chi connectivity index (χ0) is 18.1. The molecule has 128 valence electrons. The molecule has 8 heteroatoms. The molecule has 2 aromatic carbocycles. The highest BCUT2D eigenvalue weighted by atomic mass is 16.2. The number of nitrogens with one attached hydrogen (secondary N) is 2. The zero-order valence-electron chi connectivity index (χ0n) is 13.8. The van der Waals surface area contributed by atoms with E-state index in [0.29, 0.717) is 22.3 Å². The van der Waals surface area contributed by atoms with E-state index in [9.17, 15) is 9.59 Å². The maximum absolute atomic E-state index is 12.7. The maximum atomic E-state index is 12.7. The molecule has 0 unspecified atom stereocenters. The summed E-state index contributed by atoms with van der Waals surface area (Å²) in [5, 5.41) is 17.9. The summed E-state index contributed by atoms with van der Waals surface area (Å²) in [6, 6.07) is 14.1. The van der Waals surface area contributed by atoms with E-state index in [1.807, 2.05) is 19.2 Å². The molecule has 0 fully saturated rings. The summed E-state index contributed by atoms with van der Waals surface area (Å²) in [5.74, 6) is 0.279. The summed E-state index contributed by atoms with van der Waals surface area (Å²) in [6.45, 7) is 0. The third-order valence-electron chi connectivity index (χ3n) is 4.00. The van der Waals surface area contributed by atoms with Gasteiger partial charge in [-0.25, -0.2) is 5.10 Å². The number of benzene rings is 2. The first kappa shape index (κ1) is 15.7. The van der Waals surface area contributed by atoms with Crippen molar-refractivity contribution in [1.82, 2.24) is 25.0 Å². The second kappa shape index (κ2) is 6.25. The lowest BCUT2D eigenvalue weighted by Crippen LogP contribution is -2.19. The van der Waals surface area contributed by atoms with Crippen molar-refractivity contribution in [1.29, 1.82) is 0 Å². The molecule has 2 N–H and O–H groups in total. The fourth-order valence-electron chi connectivity index (χ4n) is 2.76. The molecule has 0 aliphatic rings. The number of carbonyl (C=O) groups is 1. The number of hydrogen-bond donors (Lipinski definition) is 2. The van der Waals surface area contributed by atoms with Gasteiger partial charge in [-0.1, -0.05) is 30.3 Å². The third-order valence-corrected chi connectivity index (χ3v) is 4.00. The van der Waals surface area contributed by atoms with Crippen molar-refractivity contribution in [3.8, 4) is 11.4 Å². The SMILES string of the molecule is Cn1cnnc1-c1cccc(NC(=O)c2n[nH]c(=O)c3ccccc23)c1. The Bertz CT molecular complexity index is 1180. The first-order chi connectivity index (χ1) is 12.6. The molecule has 8 nitrogen and oxygen atoms in total. The molecular weight excluding hydrogens is 332 g/mol. The van der Waals surface area contributed by atoms with Crippen LogP contribution in [0.4, 0.5) is 5.69 Å². The third kappa shape index (κ3) is 2.73. The molecule has 0 aliphatic heterocycles. The van der Waals surface area contributed by atoms with Gasteiger partial charge in [0.2, 0.25) is 0 Å². The molecule has 4 aromatic rings. The van der Waals surface area contributed by atoms with Crippen LogP contribution in [0.25, 0.3) is 22.2 Å². The number of hydrogen-bond acceptors (Lipinski definition) is 5. The van der Waals surface area contributed by atoms with Gasteiger partial charge in [-0.2, -0.15) is 5.10 Å². The fourth-order valence-corrected chi connectivity index (χ4v) is 2.76. The van der Waals surface area contributed by atoms with Gasteiger partial charge in [0, 0.05) is 23.7 Å². The second-order valence-electron chi connectivity index (χ2n) is 5.75. The smallest absolute Gasteiger partial charge is 0.276 e. The Labute approximate surface area is 147 Å². The lowest BCUT2D eigenvalue weighted by atomic mass is 10.1. The lowest BCUT2D eigenvalue weighted by Gasteiger charge is -2.08. The van der Waals surface area contributed by atoms with Gasteiger partial charge in [-0.05, 0) is 18.2 Å². The first-order valence-corrected chi connectivity index (χ1v) is 7.87. The molecular formula is C18H14N6O2. The number of fused-ring (bicyclic) bond motifs is 1. The predicted molar refractivity (Wildman–Crippen MR) is 96.8 cm³/mol. The number of nitrogens with zero attached hydrogens (tertiary/aromatic N) is 4. The van der Waals surface area contributed by atoms with Crippen LogP contribution in [0.1, 0.15) is 10.5 Å². The van der Waals surface area contributed by atoms with Crippen molar-refractivity contribution in [2.24, 2.45) is 7.05 Å². The van der Waals surface area contributed by atoms with Crippen molar-refractivity contribution in [2.75, 3.05) is 5.32 Å². The van der Waals surface area contributed by atoms with E-state index in [4.69, 9.17) is 0 Å². The van der Waals surface area contributed by atoms with Crippen molar-refractivity contribution < 1.29 is 4.79 Å². The molecule has 0 spiro atoms. The Balaban J connectivity index is 1.69. The Hall–Kier alpha value is -3.81. The Morgan fingerprint density at radius 1 is 1.12 bits per heavy atom. The van der Waals surface area contributed by atoms with Gasteiger partial charge in [0.1, 0.15) is 6.33 Å². The molecule has 0 radical (unpaired) electrons. The molecule has 0 saturated carbocycles. The number of anilines is 1. The van der Waals surface area contributed by atoms with Crippen LogP contribution in [0, 0.1) is 0 Å². The van der Waals surface area contributed by atoms with E-state index in [0.717, 1.165) is 5.56 Å². The average Bonchev–Trinajstić information content (AvgIpc) is 3.08. The van der Waals surface area contributed by atoms with Gasteiger partial charge in [0.25, 0.3) is 11.5 Å². The lowest BCUT2D eigenvalue weighted by molar-refractivity contribution is 0.102. The van der Waals surface area contributed by atoms with Crippen LogP contribution in [0.2, 0.25) is 0 Å². The highest BCUT2D eigenvalue weighted by Crippen LogP contribution is 2.21. The van der Waals surface area contributed by atoms with Crippen LogP contribution in [0.5, 0.6) is 0 Å². The second-order valence-corrected chi connectivity index (χ2v) is 5.75. The molecule has 4 rings (SSSR count). The van der Waals surface area contributed by atoms with Crippen molar-refractivity contribution in [3.63, 3.8) is 0 Å². The summed E-state index contributed by atoms with van der Waals surface area (Å²) in [6.07, 6.45) is 1.61. The number of aromatic amines is 1. The van der Waals surface area contributed by atoms with E-state index in [2.05, 4.69) is 25.7 Å². The molecule has 26 heavy (non-hydrogen) atoms. The van der Waals surface area contributed by atoms with E-state index >= 15 is 0 Å². The van der Waals surface area contributed by atoms with Crippen molar-refractivity contribution in [2.45, 2.75) is 0 Å². The standard InChI is InChI=1S/C18H14N6O2/c1-24-10-19-22-16(24)11-5-4-6-12(9-11)20-18(26)15-13-7-2-3-8-14(13)17(25)23-21-15/h2-10H,1H3,(H,20,26)(H,23,25). The quantitative estimate of drug-likeness (QED) is 0.590. The van der Waals surface area contributed by atoms with E-state index < -0.39 is 5.91 Å². The number of amides is 1. The predicted octanol–water partition coefficient (Wildman–Crippen LogP) is 1.97. The van der Waals surface area contributed by atoms with E-state index in [1.165, 1.54) is 0 Å².